The van der Waals surface area contributed by atoms with Gasteiger partial charge in [-0.1, -0.05) is 13.8 Å². The SMILES string of the molecule is Cc1cc(C(=O)N[C@@H](CC(C)C)C(=O)N2CCC(N(C)C)C2)nn1C. The minimum Gasteiger partial charge on any atom is -0.339 e. The quantitative estimate of drug-likeness (QED) is 0.833. The van der Waals surface area contributed by atoms with Gasteiger partial charge < -0.3 is 15.1 Å². The van der Waals surface area contributed by atoms with E-state index in [0.717, 1.165) is 25.2 Å². The summed E-state index contributed by atoms with van der Waals surface area (Å²) in [6.07, 6.45) is 1.60. The Labute approximate surface area is 150 Å². The average molecular weight is 349 g/mol. The number of carbonyl (C=O) groups is 2. The van der Waals surface area contributed by atoms with Gasteiger partial charge in [0, 0.05) is 31.9 Å². The van der Waals surface area contributed by atoms with Gasteiger partial charge in [-0.25, -0.2) is 0 Å². The topological polar surface area (TPSA) is 70.5 Å². The maximum atomic E-state index is 13.0. The summed E-state index contributed by atoms with van der Waals surface area (Å²) < 4.78 is 1.66. The number of amides is 2. The maximum Gasteiger partial charge on any atom is 0.272 e. The van der Waals surface area contributed by atoms with Crippen LogP contribution in [0.2, 0.25) is 0 Å². The molecule has 2 atom stereocenters. The van der Waals surface area contributed by atoms with Crippen molar-refractivity contribution in [3.05, 3.63) is 17.5 Å². The van der Waals surface area contributed by atoms with Gasteiger partial charge in [0.2, 0.25) is 5.91 Å². The molecule has 2 rings (SSSR count). The smallest absolute Gasteiger partial charge is 0.272 e. The van der Waals surface area contributed by atoms with Crippen LogP contribution in [-0.4, -0.2) is 70.7 Å². The lowest BCUT2D eigenvalue weighted by Gasteiger charge is -2.26. The molecule has 2 amide bonds. The van der Waals surface area contributed by atoms with E-state index in [2.05, 4.69) is 29.2 Å². The highest BCUT2D eigenvalue weighted by molar-refractivity contribution is 5.96. The minimum absolute atomic E-state index is 0.0130. The Bertz CT molecular complexity index is 603. The summed E-state index contributed by atoms with van der Waals surface area (Å²) in [4.78, 5) is 29.5. The number of nitrogens with zero attached hydrogens (tertiary/aromatic N) is 4. The molecule has 1 aromatic rings. The first-order valence-electron chi connectivity index (χ1n) is 8.95. The second-order valence-corrected chi connectivity index (χ2v) is 7.64. The molecule has 0 radical (unpaired) electrons. The van der Waals surface area contributed by atoms with Gasteiger partial charge in [0.25, 0.3) is 5.91 Å². The molecular weight excluding hydrogens is 318 g/mol. The van der Waals surface area contributed by atoms with E-state index in [1.54, 1.807) is 17.8 Å². The fourth-order valence-electron chi connectivity index (χ4n) is 3.18. The summed E-state index contributed by atoms with van der Waals surface area (Å²) in [6.45, 7) is 7.48. The van der Waals surface area contributed by atoms with Crippen molar-refractivity contribution in [2.24, 2.45) is 13.0 Å². The van der Waals surface area contributed by atoms with Crippen LogP contribution in [0.25, 0.3) is 0 Å². The molecule has 0 saturated carbocycles. The third-order valence-electron chi connectivity index (χ3n) is 4.86. The van der Waals surface area contributed by atoms with Crippen molar-refractivity contribution in [3.63, 3.8) is 0 Å². The van der Waals surface area contributed by atoms with Crippen LogP contribution in [0, 0.1) is 12.8 Å². The van der Waals surface area contributed by atoms with E-state index >= 15 is 0 Å². The van der Waals surface area contributed by atoms with E-state index in [9.17, 15) is 9.59 Å². The molecule has 0 bridgehead atoms. The molecule has 0 aromatic carbocycles. The molecule has 1 aromatic heterocycles. The van der Waals surface area contributed by atoms with Gasteiger partial charge in [-0.3, -0.25) is 14.3 Å². The van der Waals surface area contributed by atoms with Gasteiger partial charge in [0.05, 0.1) is 0 Å². The summed E-state index contributed by atoms with van der Waals surface area (Å²) >= 11 is 0. The molecule has 1 fully saturated rings. The number of nitrogens with one attached hydrogen (secondary N) is 1. The number of hydrogen-bond acceptors (Lipinski definition) is 4. The number of hydrogen-bond donors (Lipinski definition) is 1. The van der Waals surface area contributed by atoms with Crippen molar-refractivity contribution >= 4 is 11.8 Å². The van der Waals surface area contributed by atoms with Crippen molar-refractivity contribution in [1.29, 1.82) is 0 Å². The fraction of sp³-hybridized carbons (Fsp3) is 0.722. The van der Waals surface area contributed by atoms with Crippen molar-refractivity contribution < 1.29 is 9.59 Å². The molecule has 1 N–H and O–H groups in total. The maximum absolute atomic E-state index is 13.0. The third kappa shape index (κ3) is 4.81. The van der Waals surface area contributed by atoms with Crippen LogP contribution < -0.4 is 5.32 Å². The van der Waals surface area contributed by atoms with E-state index in [1.165, 1.54) is 0 Å². The van der Waals surface area contributed by atoms with E-state index in [1.807, 2.05) is 25.9 Å². The average Bonchev–Trinajstić information content (AvgIpc) is 3.13. The lowest BCUT2D eigenvalue weighted by Crippen LogP contribution is -2.49. The summed E-state index contributed by atoms with van der Waals surface area (Å²) in [5, 5.41) is 7.11. The lowest BCUT2D eigenvalue weighted by molar-refractivity contribution is -0.132. The molecule has 1 saturated heterocycles. The zero-order chi connectivity index (χ0) is 18.7. The Morgan fingerprint density at radius 1 is 1.40 bits per heavy atom. The first-order valence-corrected chi connectivity index (χ1v) is 8.95. The molecule has 7 nitrogen and oxygen atoms in total. The van der Waals surface area contributed by atoms with Gasteiger partial charge in [-0.15, -0.1) is 0 Å². The molecule has 7 heteroatoms. The monoisotopic (exact) mass is 349 g/mol. The van der Waals surface area contributed by atoms with Crippen LogP contribution >= 0.6 is 0 Å². The first kappa shape index (κ1) is 19.4. The largest absolute Gasteiger partial charge is 0.339 e. The molecule has 25 heavy (non-hydrogen) atoms. The van der Waals surface area contributed by atoms with E-state index in [4.69, 9.17) is 0 Å². The van der Waals surface area contributed by atoms with E-state index < -0.39 is 6.04 Å². The number of aryl methyl sites for hydroxylation is 2. The van der Waals surface area contributed by atoms with Crippen LogP contribution in [0.4, 0.5) is 0 Å². The first-order chi connectivity index (χ1) is 11.7. The van der Waals surface area contributed by atoms with E-state index in [-0.39, 0.29) is 11.8 Å². The molecule has 1 aliphatic rings. The van der Waals surface area contributed by atoms with Gasteiger partial charge in [0.15, 0.2) is 0 Å². The number of carbonyl (C=O) groups excluding carboxylic acids is 2. The van der Waals surface area contributed by atoms with Gasteiger partial charge >= 0.3 is 0 Å². The van der Waals surface area contributed by atoms with Crippen molar-refractivity contribution in [2.75, 3.05) is 27.2 Å². The molecule has 0 spiro atoms. The normalized spacial score (nSPS) is 18.9. The Morgan fingerprint density at radius 3 is 2.56 bits per heavy atom. The molecule has 0 aliphatic carbocycles. The Morgan fingerprint density at radius 2 is 2.08 bits per heavy atom. The lowest BCUT2D eigenvalue weighted by atomic mass is 10.0. The summed E-state index contributed by atoms with van der Waals surface area (Å²) in [6, 6.07) is 1.62. The summed E-state index contributed by atoms with van der Waals surface area (Å²) in [5.41, 5.74) is 1.26. The van der Waals surface area contributed by atoms with E-state index in [0.29, 0.717) is 24.1 Å². The second kappa shape index (κ2) is 7.99. The predicted molar refractivity (Wildman–Crippen MR) is 97.3 cm³/mol. The third-order valence-corrected chi connectivity index (χ3v) is 4.86. The summed E-state index contributed by atoms with van der Waals surface area (Å²) in [7, 11) is 5.87. The van der Waals surface area contributed by atoms with Gasteiger partial charge in [-0.05, 0) is 45.8 Å². The van der Waals surface area contributed by atoms with Crippen molar-refractivity contribution in [2.45, 2.75) is 45.7 Å². The molecule has 140 valence electrons. The zero-order valence-electron chi connectivity index (χ0n) is 16.2. The van der Waals surface area contributed by atoms with Crippen LogP contribution in [0.1, 0.15) is 42.9 Å². The molecule has 1 unspecified atom stereocenters. The number of likely N-dealkylation sites (tertiary alicyclic amines) is 1. The number of likely N-dealkylation sites (N-methyl/N-ethyl adjacent to an activating group) is 1. The highest BCUT2D eigenvalue weighted by atomic mass is 16.2. The van der Waals surface area contributed by atoms with Crippen molar-refractivity contribution in [3.8, 4) is 0 Å². The Balaban J connectivity index is 2.07. The van der Waals surface area contributed by atoms with Crippen LogP contribution in [0.5, 0.6) is 0 Å². The Hall–Kier alpha value is -1.89. The second-order valence-electron chi connectivity index (χ2n) is 7.64. The fourth-order valence-corrected chi connectivity index (χ4v) is 3.18. The predicted octanol–water partition coefficient (Wildman–Crippen LogP) is 1.04. The highest BCUT2D eigenvalue weighted by Crippen LogP contribution is 2.17. The molecule has 1 aliphatic heterocycles. The summed E-state index contributed by atoms with van der Waals surface area (Å²) in [5.74, 6) is 0.0390. The minimum atomic E-state index is -0.504. The number of rotatable bonds is 6. The van der Waals surface area contributed by atoms with Crippen LogP contribution in [-0.2, 0) is 11.8 Å². The van der Waals surface area contributed by atoms with Crippen LogP contribution in [0.3, 0.4) is 0 Å². The molecule has 2 heterocycles. The standard InChI is InChI=1S/C18H31N5O2/c1-12(2)9-16(18(25)23-8-7-14(11-23)21(4)5)19-17(24)15-10-13(3)22(6)20-15/h10,12,14,16H,7-9,11H2,1-6H3,(H,19,24)/t14?,16-/m0/s1. The van der Waals surface area contributed by atoms with Crippen molar-refractivity contribution in [1.82, 2.24) is 24.9 Å². The van der Waals surface area contributed by atoms with Crippen LogP contribution in [0.15, 0.2) is 6.07 Å². The van der Waals surface area contributed by atoms with Gasteiger partial charge in [0.1, 0.15) is 11.7 Å². The number of aromatic nitrogens is 2. The zero-order valence-corrected chi connectivity index (χ0v) is 16.2. The molecular formula is C18H31N5O2. The Kier molecular flexibility index (Phi) is 6.21. The van der Waals surface area contributed by atoms with Gasteiger partial charge in [-0.2, -0.15) is 5.10 Å². The highest BCUT2D eigenvalue weighted by Gasteiger charge is 2.33.